The molecule has 150 valence electrons. The van der Waals surface area contributed by atoms with Gasteiger partial charge in [0, 0.05) is 0 Å². The number of nitriles is 1. The van der Waals surface area contributed by atoms with Crippen LogP contribution in [0.15, 0.2) is 35.3 Å². The molecule has 29 heavy (non-hydrogen) atoms. The molecule has 1 aromatic carbocycles. The van der Waals surface area contributed by atoms with Gasteiger partial charge in [0.15, 0.2) is 18.0 Å². The minimum absolute atomic E-state index is 0.0637. The van der Waals surface area contributed by atoms with Gasteiger partial charge in [-0.2, -0.15) is 10.2 Å². The number of halogens is 1. The van der Waals surface area contributed by atoms with Crippen molar-refractivity contribution < 1.29 is 19.3 Å². The summed E-state index contributed by atoms with van der Waals surface area (Å²) in [6.07, 6.45) is -4.87. The van der Waals surface area contributed by atoms with E-state index >= 15 is 0 Å². The molecule has 1 aliphatic heterocycles. The Labute approximate surface area is 163 Å². The molecule has 11 heteroatoms. The number of aliphatic hydroxyl groups excluding tert-OH is 2. The molecule has 4 N–H and O–H groups in total. The smallest absolute Gasteiger partial charge is 0.332 e. The van der Waals surface area contributed by atoms with Gasteiger partial charge in [0.1, 0.15) is 17.7 Å². The lowest BCUT2D eigenvalue weighted by atomic mass is 10.1. The SMILES string of the molecule is N#Cc1cccc(Cn2c(=O)n([C@@H]3O[C@H](CO)[C@@H](F)[C@H]3O)c3nc(N)ncc32)c1. The van der Waals surface area contributed by atoms with Crippen molar-refractivity contribution in [2.24, 2.45) is 0 Å². The second kappa shape index (κ2) is 7.25. The van der Waals surface area contributed by atoms with Crippen LogP contribution < -0.4 is 11.4 Å². The molecule has 1 aliphatic rings. The molecule has 0 radical (unpaired) electrons. The second-order valence-corrected chi connectivity index (χ2v) is 6.67. The molecule has 1 saturated heterocycles. The Morgan fingerprint density at radius 3 is 2.90 bits per heavy atom. The van der Waals surface area contributed by atoms with Gasteiger partial charge in [0.05, 0.1) is 31.0 Å². The van der Waals surface area contributed by atoms with Crippen molar-refractivity contribution in [2.75, 3.05) is 12.3 Å². The van der Waals surface area contributed by atoms with Crippen molar-refractivity contribution in [3.63, 3.8) is 0 Å². The summed E-state index contributed by atoms with van der Waals surface area (Å²) < 4.78 is 21.9. The van der Waals surface area contributed by atoms with Crippen molar-refractivity contribution in [1.82, 2.24) is 19.1 Å². The number of nitrogen functional groups attached to an aromatic ring is 1. The summed E-state index contributed by atoms with van der Waals surface area (Å²) in [5.41, 5.74) is 6.49. The van der Waals surface area contributed by atoms with E-state index < -0.39 is 36.9 Å². The number of nitrogens with zero attached hydrogens (tertiary/aromatic N) is 5. The molecule has 3 aromatic rings. The second-order valence-electron chi connectivity index (χ2n) is 6.67. The average Bonchev–Trinajstić information content (AvgIpc) is 3.15. The molecule has 0 bridgehead atoms. The molecule has 0 spiro atoms. The quantitative estimate of drug-likeness (QED) is 0.539. The van der Waals surface area contributed by atoms with Crippen LogP contribution in [0.1, 0.15) is 17.4 Å². The van der Waals surface area contributed by atoms with Crippen molar-refractivity contribution in [1.29, 1.82) is 5.26 Å². The topological polar surface area (TPSA) is 152 Å². The van der Waals surface area contributed by atoms with Crippen LogP contribution in [0.5, 0.6) is 0 Å². The Balaban J connectivity index is 1.86. The maximum Gasteiger partial charge on any atom is 0.332 e. The van der Waals surface area contributed by atoms with Crippen molar-refractivity contribution >= 4 is 17.1 Å². The summed E-state index contributed by atoms with van der Waals surface area (Å²) in [5.74, 6) is -0.113. The summed E-state index contributed by atoms with van der Waals surface area (Å²) in [5, 5.41) is 28.6. The van der Waals surface area contributed by atoms with E-state index in [0.717, 1.165) is 4.57 Å². The molecular weight excluding hydrogens is 383 g/mol. The zero-order valence-electron chi connectivity index (χ0n) is 15.0. The molecule has 10 nitrogen and oxygen atoms in total. The van der Waals surface area contributed by atoms with Crippen LogP contribution in [0.4, 0.5) is 10.3 Å². The highest BCUT2D eigenvalue weighted by Crippen LogP contribution is 2.32. The van der Waals surface area contributed by atoms with Gasteiger partial charge in [-0.15, -0.1) is 0 Å². The first-order valence-electron chi connectivity index (χ1n) is 8.75. The number of rotatable bonds is 4. The Morgan fingerprint density at radius 1 is 1.41 bits per heavy atom. The number of hydrogen-bond donors (Lipinski definition) is 3. The Morgan fingerprint density at radius 2 is 2.21 bits per heavy atom. The lowest BCUT2D eigenvalue weighted by Crippen LogP contribution is -2.34. The van der Waals surface area contributed by atoms with Crippen LogP contribution in [0, 0.1) is 11.3 Å². The van der Waals surface area contributed by atoms with Crippen LogP contribution >= 0.6 is 0 Å². The van der Waals surface area contributed by atoms with E-state index in [4.69, 9.17) is 15.7 Å². The molecule has 0 unspecified atom stereocenters. The van der Waals surface area contributed by atoms with E-state index in [1.54, 1.807) is 24.3 Å². The molecule has 1 fully saturated rings. The van der Waals surface area contributed by atoms with Crippen LogP contribution in [-0.2, 0) is 11.3 Å². The molecule has 4 rings (SSSR count). The van der Waals surface area contributed by atoms with Gasteiger partial charge in [0.25, 0.3) is 0 Å². The first-order chi connectivity index (χ1) is 13.9. The predicted octanol–water partition coefficient (Wildman–Crippen LogP) is -0.316. The van der Waals surface area contributed by atoms with Crippen LogP contribution in [-0.4, -0.2) is 54.3 Å². The van der Waals surface area contributed by atoms with E-state index in [1.807, 2.05) is 6.07 Å². The van der Waals surface area contributed by atoms with E-state index in [0.29, 0.717) is 16.6 Å². The summed E-state index contributed by atoms with van der Waals surface area (Å²) in [6, 6.07) is 8.74. The number of imidazole rings is 1. The fraction of sp³-hybridized carbons (Fsp3) is 0.333. The maximum atomic E-state index is 14.2. The Bertz CT molecular complexity index is 1170. The summed E-state index contributed by atoms with van der Waals surface area (Å²) in [4.78, 5) is 21.2. The third-order valence-electron chi connectivity index (χ3n) is 4.84. The molecule has 0 saturated carbocycles. The van der Waals surface area contributed by atoms with Gasteiger partial charge < -0.3 is 20.7 Å². The fourth-order valence-electron chi connectivity index (χ4n) is 3.44. The van der Waals surface area contributed by atoms with Gasteiger partial charge in [0.2, 0.25) is 5.95 Å². The number of aromatic nitrogens is 4. The lowest BCUT2D eigenvalue weighted by Gasteiger charge is -2.15. The molecular formula is C18H17FN6O4. The zero-order valence-corrected chi connectivity index (χ0v) is 15.0. The fourth-order valence-corrected chi connectivity index (χ4v) is 3.44. The number of benzene rings is 1. The van der Waals surface area contributed by atoms with Gasteiger partial charge in [-0.25, -0.2) is 18.7 Å². The highest BCUT2D eigenvalue weighted by molar-refractivity contribution is 5.72. The third-order valence-corrected chi connectivity index (χ3v) is 4.84. The molecule has 3 heterocycles. The number of aliphatic hydroxyl groups is 2. The van der Waals surface area contributed by atoms with Crippen molar-refractivity contribution in [3.8, 4) is 6.07 Å². The number of alkyl halides is 1. The molecule has 0 amide bonds. The summed E-state index contributed by atoms with van der Waals surface area (Å²) >= 11 is 0. The Hall–Kier alpha value is -3.33. The minimum Gasteiger partial charge on any atom is -0.394 e. The summed E-state index contributed by atoms with van der Waals surface area (Å²) in [6.45, 7) is -0.573. The normalized spacial score (nSPS) is 24.1. The standard InChI is InChI=1S/C18H17FN6O4/c19-13-12(8-26)29-16(14(13)27)25-15-11(6-22-17(21)23-15)24(18(25)28)7-10-3-1-2-9(4-10)5-20/h1-4,6,12-14,16,26-27H,7-8H2,(H2,21,22,23)/t12-,13-,14-,16-/m1/s1. The number of hydrogen-bond acceptors (Lipinski definition) is 8. The van der Waals surface area contributed by atoms with Crippen LogP contribution in [0.3, 0.4) is 0 Å². The van der Waals surface area contributed by atoms with E-state index in [2.05, 4.69) is 9.97 Å². The predicted molar refractivity (Wildman–Crippen MR) is 98.4 cm³/mol. The van der Waals surface area contributed by atoms with E-state index in [9.17, 15) is 19.4 Å². The number of ether oxygens (including phenoxy) is 1. The number of anilines is 1. The average molecular weight is 400 g/mol. The van der Waals surface area contributed by atoms with Gasteiger partial charge in [-0.1, -0.05) is 12.1 Å². The lowest BCUT2D eigenvalue weighted by molar-refractivity contribution is -0.0513. The van der Waals surface area contributed by atoms with E-state index in [-0.39, 0.29) is 18.1 Å². The number of nitrogens with two attached hydrogens (primary N) is 1. The number of fused-ring (bicyclic) bond motifs is 1. The Kier molecular flexibility index (Phi) is 4.75. The van der Waals surface area contributed by atoms with Gasteiger partial charge in [-0.3, -0.25) is 4.57 Å². The van der Waals surface area contributed by atoms with E-state index in [1.165, 1.54) is 10.8 Å². The van der Waals surface area contributed by atoms with Crippen LogP contribution in [0.2, 0.25) is 0 Å². The van der Waals surface area contributed by atoms with Gasteiger partial charge >= 0.3 is 5.69 Å². The van der Waals surface area contributed by atoms with Crippen molar-refractivity contribution in [2.45, 2.75) is 31.2 Å². The largest absolute Gasteiger partial charge is 0.394 e. The highest BCUT2D eigenvalue weighted by atomic mass is 19.1. The van der Waals surface area contributed by atoms with Crippen molar-refractivity contribution in [3.05, 3.63) is 52.1 Å². The molecule has 2 aromatic heterocycles. The van der Waals surface area contributed by atoms with Gasteiger partial charge in [-0.05, 0) is 17.7 Å². The molecule has 4 atom stereocenters. The van der Waals surface area contributed by atoms with Crippen LogP contribution in [0.25, 0.3) is 11.2 Å². The zero-order chi connectivity index (χ0) is 20.7. The maximum absolute atomic E-state index is 14.2. The highest BCUT2D eigenvalue weighted by Gasteiger charge is 2.46. The minimum atomic E-state index is -1.87. The first kappa shape index (κ1) is 19.0. The third kappa shape index (κ3) is 3.13. The summed E-state index contributed by atoms with van der Waals surface area (Å²) in [7, 11) is 0. The first-order valence-corrected chi connectivity index (χ1v) is 8.75. The monoisotopic (exact) mass is 400 g/mol. The molecule has 0 aliphatic carbocycles.